The number of aldehydes is 1. The fourth-order valence-corrected chi connectivity index (χ4v) is 5.15. The van der Waals surface area contributed by atoms with Crippen molar-refractivity contribution in [3.8, 4) is 9.75 Å². The Balaban J connectivity index is 2.02. The zero-order valence-electron chi connectivity index (χ0n) is 15.1. The van der Waals surface area contributed by atoms with E-state index in [4.69, 9.17) is 0 Å². The molecule has 3 heteroatoms. The summed E-state index contributed by atoms with van der Waals surface area (Å²) in [4.78, 5) is 14.8. The summed E-state index contributed by atoms with van der Waals surface area (Å²) in [5.41, 5.74) is 2.83. The molecule has 0 aliphatic heterocycles. The van der Waals surface area contributed by atoms with Crippen molar-refractivity contribution in [2.24, 2.45) is 0 Å². The Morgan fingerprint density at radius 3 is 2.29 bits per heavy atom. The lowest BCUT2D eigenvalue weighted by Gasteiger charge is -2.02. The van der Waals surface area contributed by atoms with Gasteiger partial charge in [0.2, 0.25) is 0 Å². The first-order chi connectivity index (χ1) is 11.8. The van der Waals surface area contributed by atoms with E-state index < -0.39 is 0 Å². The molecule has 2 aromatic heterocycles. The maximum absolute atomic E-state index is 11.2. The third-order valence-corrected chi connectivity index (χ3v) is 6.70. The molecule has 0 fully saturated rings. The maximum atomic E-state index is 11.2. The molecule has 0 unspecified atom stereocenters. The topological polar surface area (TPSA) is 17.1 Å². The standard InChI is InChI=1S/C21H30OS2/c1-3-5-7-9-11-17-13-20(23-16-17)21-18(12-10-8-6-4-2)14-19(15-22)24-21/h13-16H,3-12H2,1-2H3. The molecular formula is C21H30OS2. The van der Waals surface area contributed by atoms with Crippen LogP contribution in [0.3, 0.4) is 0 Å². The normalized spacial score (nSPS) is 11.1. The third-order valence-electron chi connectivity index (χ3n) is 4.44. The quantitative estimate of drug-likeness (QED) is 0.281. The van der Waals surface area contributed by atoms with Crippen LogP contribution in [0.4, 0.5) is 0 Å². The van der Waals surface area contributed by atoms with Gasteiger partial charge in [-0.1, -0.05) is 52.4 Å². The second kappa shape index (κ2) is 10.8. The van der Waals surface area contributed by atoms with Crippen LogP contribution in [-0.2, 0) is 12.8 Å². The molecule has 0 saturated carbocycles. The number of hydrogen-bond acceptors (Lipinski definition) is 3. The van der Waals surface area contributed by atoms with Gasteiger partial charge in [0.15, 0.2) is 6.29 Å². The first-order valence-corrected chi connectivity index (χ1v) is 11.1. The van der Waals surface area contributed by atoms with E-state index in [0.29, 0.717) is 0 Å². The van der Waals surface area contributed by atoms with Gasteiger partial charge in [0, 0.05) is 9.75 Å². The fourth-order valence-electron chi connectivity index (χ4n) is 3.03. The summed E-state index contributed by atoms with van der Waals surface area (Å²) >= 11 is 3.51. The third kappa shape index (κ3) is 5.86. The van der Waals surface area contributed by atoms with E-state index in [1.807, 2.05) is 11.3 Å². The molecule has 0 aliphatic rings. The Hall–Kier alpha value is -0.930. The minimum Gasteiger partial charge on any atom is -0.297 e. The van der Waals surface area contributed by atoms with Gasteiger partial charge in [-0.3, -0.25) is 4.79 Å². The number of rotatable bonds is 12. The summed E-state index contributed by atoms with van der Waals surface area (Å²) in [5.74, 6) is 0. The molecule has 0 N–H and O–H groups in total. The molecule has 24 heavy (non-hydrogen) atoms. The van der Waals surface area contributed by atoms with Gasteiger partial charge in [0.05, 0.1) is 4.88 Å². The SMILES string of the molecule is CCCCCCc1csc(-c2sc(C=O)cc2CCCCCC)c1. The molecule has 0 saturated heterocycles. The number of aryl methyl sites for hydroxylation is 2. The Labute approximate surface area is 155 Å². The molecule has 0 aliphatic carbocycles. The Morgan fingerprint density at radius 2 is 1.62 bits per heavy atom. The van der Waals surface area contributed by atoms with Crippen molar-refractivity contribution in [3.63, 3.8) is 0 Å². The van der Waals surface area contributed by atoms with Crippen LogP contribution < -0.4 is 0 Å². The van der Waals surface area contributed by atoms with Crippen LogP contribution in [0.15, 0.2) is 17.5 Å². The minimum absolute atomic E-state index is 0.869. The highest BCUT2D eigenvalue weighted by molar-refractivity contribution is 7.22. The second-order valence-corrected chi connectivity index (χ2v) is 8.56. The lowest BCUT2D eigenvalue weighted by molar-refractivity contribution is 0.112. The molecular weight excluding hydrogens is 332 g/mol. The predicted molar refractivity (Wildman–Crippen MR) is 109 cm³/mol. The van der Waals surface area contributed by atoms with Crippen molar-refractivity contribution in [2.75, 3.05) is 0 Å². The van der Waals surface area contributed by atoms with Crippen LogP contribution >= 0.6 is 22.7 Å². The van der Waals surface area contributed by atoms with Crippen LogP contribution in [0.2, 0.25) is 0 Å². The summed E-state index contributed by atoms with van der Waals surface area (Å²) in [6.07, 6.45) is 13.6. The van der Waals surface area contributed by atoms with Gasteiger partial charge in [-0.05, 0) is 54.3 Å². The maximum Gasteiger partial charge on any atom is 0.160 e. The van der Waals surface area contributed by atoms with Gasteiger partial charge in [-0.15, -0.1) is 22.7 Å². The summed E-state index contributed by atoms with van der Waals surface area (Å²) in [6, 6.07) is 4.46. The summed E-state index contributed by atoms with van der Waals surface area (Å²) in [7, 11) is 0. The number of hydrogen-bond donors (Lipinski definition) is 0. The molecule has 2 aromatic rings. The van der Waals surface area contributed by atoms with Gasteiger partial charge >= 0.3 is 0 Å². The molecule has 1 nitrogen and oxygen atoms in total. The number of carbonyl (C=O) groups excluding carboxylic acids is 1. The van der Waals surface area contributed by atoms with Crippen molar-refractivity contribution >= 4 is 29.0 Å². The predicted octanol–water partition coefficient (Wildman–Crippen LogP) is 7.53. The van der Waals surface area contributed by atoms with Crippen LogP contribution in [0.5, 0.6) is 0 Å². The van der Waals surface area contributed by atoms with E-state index >= 15 is 0 Å². The zero-order chi connectivity index (χ0) is 17.2. The highest BCUT2D eigenvalue weighted by atomic mass is 32.1. The van der Waals surface area contributed by atoms with Gasteiger partial charge in [0.25, 0.3) is 0 Å². The lowest BCUT2D eigenvalue weighted by atomic mass is 10.1. The van der Waals surface area contributed by atoms with E-state index in [2.05, 4.69) is 31.4 Å². The molecule has 0 atom stereocenters. The number of thiophene rings is 2. The minimum atomic E-state index is 0.869. The van der Waals surface area contributed by atoms with Crippen molar-refractivity contribution in [2.45, 2.75) is 78.1 Å². The first kappa shape index (κ1) is 19.4. The highest BCUT2D eigenvalue weighted by Gasteiger charge is 2.13. The van der Waals surface area contributed by atoms with E-state index in [1.54, 1.807) is 11.3 Å². The van der Waals surface area contributed by atoms with E-state index in [-0.39, 0.29) is 0 Å². The molecule has 2 heterocycles. The summed E-state index contributed by atoms with van der Waals surface area (Å²) in [6.45, 7) is 4.50. The Bertz CT molecular complexity index is 609. The van der Waals surface area contributed by atoms with Gasteiger partial charge in [-0.25, -0.2) is 0 Å². The van der Waals surface area contributed by atoms with Crippen molar-refractivity contribution in [1.29, 1.82) is 0 Å². The van der Waals surface area contributed by atoms with E-state index in [9.17, 15) is 4.79 Å². The summed E-state index contributed by atoms with van der Waals surface area (Å²) < 4.78 is 0. The number of unbranched alkanes of at least 4 members (excludes halogenated alkanes) is 6. The van der Waals surface area contributed by atoms with Crippen molar-refractivity contribution in [3.05, 3.63) is 33.5 Å². The van der Waals surface area contributed by atoms with E-state index in [0.717, 1.165) is 17.6 Å². The summed E-state index contributed by atoms with van der Waals surface area (Å²) in [5, 5.41) is 2.31. The van der Waals surface area contributed by atoms with Crippen LogP contribution in [-0.4, -0.2) is 6.29 Å². The zero-order valence-corrected chi connectivity index (χ0v) is 16.7. The largest absolute Gasteiger partial charge is 0.297 e. The molecule has 0 aromatic carbocycles. The van der Waals surface area contributed by atoms with Gasteiger partial charge in [0.1, 0.15) is 0 Å². The number of carbonyl (C=O) groups is 1. The van der Waals surface area contributed by atoms with Gasteiger partial charge in [-0.2, -0.15) is 0 Å². The second-order valence-electron chi connectivity index (χ2n) is 6.56. The molecule has 132 valence electrons. The monoisotopic (exact) mass is 362 g/mol. The smallest absolute Gasteiger partial charge is 0.160 e. The first-order valence-electron chi connectivity index (χ1n) is 9.44. The molecule has 0 radical (unpaired) electrons. The average Bonchev–Trinajstić information content (AvgIpc) is 3.22. The van der Waals surface area contributed by atoms with E-state index in [1.165, 1.54) is 78.7 Å². The Morgan fingerprint density at radius 1 is 0.917 bits per heavy atom. The average molecular weight is 363 g/mol. The fraction of sp³-hybridized carbons (Fsp3) is 0.571. The van der Waals surface area contributed by atoms with Crippen LogP contribution in [0.25, 0.3) is 9.75 Å². The lowest BCUT2D eigenvalue weighted by Crippen LogP contribution is -1.86. The van der Waals surface area contributed by atoms with Crippen LogP contribution in [0.1, 0.15) is 86.0 Å². The highest BCUT2D eigenvalue weighted by Crippen LogP contribution is 2.37. The van der Waals surface area contributed by atoms with Crippen molar-refractivity contribution in [1.82, 2.24) is 0 Å². The van der Waals surface area contributed by atoms with Crippen LogP contribution in [0, 0.1) is 0 Å². The Kier molecular flexibility index (Phi) is 8.76. The molecule has 2 rings (SSSR count). The van der Waals surface area contributed by atoms with Crippen molar-refractivity contribution < 1.29 is 4.79 Å². The molecule has 0 amide bonds. The molecule has 0 bridgehead atoms. The van der Waals surface area contributed by atoms with Gasteiger partial charge < -0.3 is 0 Å². The molecule has 0 spiro atoms.